The number of fused-ring (bicyclic) bond motifs is 1. The van der Waals surface area contributed by atoms with Crippen LogP contribution in [0.2, 0.25) is 0 Å². The standard InChI is InChI=1S/C16H11NO4/c1-10-6-7-13(12-5-3-2-4-11(10)12)16(18)14-8-9-15(21-14)17(19)20/h2-9H,1H3. The first kappa shape index (κ1) is 13.1. The average Bonchev–Trinajstić information content (AvgIpc) is 2.97. The van der Waals surface area contributed by atoms with E-state index < -0.39 is 10.8 Å². The third-order valence-electron chi connectivity index (χ3n) is 3.38. The Labute approximate surface area is 120 Å². The lowest BCUT2D eigenvalue weighted by Gasteiger charge is -2.06. The molecule has 21 heavy (non-hydrogen) atoms. The second kappa shape index (κ2) is 4.86. The summed E-state index contributed by atoms with van der Waals surface area (Å²) in [6.45, 7) is 1.97. The monoisotopic (exact) mass is 281 g/mol. The van der Waals surface area contributed by atoms with Gasteiger partial charge in [0.15, 0.2) is 5.76 Å². The maximum Gasteiger partial charge on any atom is 0.433 e. The number of nitro groups is 1. The lowest BCUT2D eigenvalue weighted by molar-refractivity contribution is -0.402. The summed E-state index contributed by atoms with van der Waals surface area (Å²) >= 11 is 0. The van der Waals surface area contributed by atoms with Gasteiger partial charge in [-0.25, -0.2) is 0 Å². The van der Waals surface area contributed by atoms with Crippen LogP contribution in [0.4, 0.5) is 5.88 Å². The Hall–Kier alpha value is -2.95. The predicted octanol–water partition coefficient (Wildman–Crippen LogP) is 3.88. The molecule has 0 saturated carbocycles. The van der Waals surface area contributed by atoms with Gasteiger partial charge in [-0.1, -0.05) is 36.4 Å². The van der Waals surface area contributed by atoms with Crippen molar-refractivity contribution in [2.45, 2.75) is 6.92 Å². The van der Waals surface area contributed by atoms with Gasteiger partial charge in [-0.3, -0.25) is 14.9 Å². The van der Waals surface area contributed by atoms with Crippen LogP contribution in [0, 0.1) is 17.0 Å². The Morgan fingerprint density at radius 3 is 2.43 bits per heavy atom. The zero-order valence-corrected chi connectivity index (χ0v) is 11.2. The minimum absolute atomic E-state index is 0.0318. The summed E-state index contributed by atoms with van der Waals surface area (Å²) in [6.07, 6.45) is 0. The Morgan fingerprint density at radius 1 is 1.05 bits per heavy atom. The van der Waals surface area contributed by atoms with Gasteiger partial charge in [-0.2, -0.15) is 0 Å². The Kier molecular flexibility index (Phi) is 3.02. The van der Waals surface area contributed by atoms with Crippen molar-refractivity contribution in [1.29, 1.82) is 0 Å². The van der Waals surface area contributed by atoms with Crippen LogP contribution in [-0.2, 0) is 0 Å². The molecule has 0 unspecified atom stereocenters. The summed E-state index contributed by atoms with van der Waals surface area (Å²) in [6, 6.07) is 13.6. The van der Waals surface area contributed by atoms with Crippen molar-refractivity contribution in [3.05, 3.63) is 75.5 Å². The number of ketones is 1. The van der Waals surface area contributed by atoms with Crippen molar-refractivity contribution in [3.63, 3.8) is 0 Å². The molecule has 0 amide bonds. The minimum atomic E-state index is -0.663. The molecule has 0 radical (unpaired) electrons. The van der Waals surface area contributed by atoms with Gasteiger partial charge >= 0.3 is 5.88 Å². The van der Waals surface area contributed by atoms with E-state index in [9.17, 15) is 14.9 Å². The number of carbonyl (C=O) groups excluding carboxylic acids is 1. The van der Waals surface area contributed by atoms with Gasteiger partial charge < -0.3 is 4.42 Å². The zero-order valence-electron chi connectivity index (χ0n) is 11.2. The van der Waals surface area contributed by atoms with Crippen molar-refractivity contribution in [1.82, 2.24) is 0 Å². The van der Waals surface area contributed by atoms with Crippen molar-refractivity contribution in [2.75, 3.05) is 0 Å². The number of furan rings is 1. The van der Waals surface area contributed by atoms with E-state index in [4.69, 9.17) is 4.42 Å². The molecule has 0 spiro atoms. The van der Waals surface area contributed by atoms with Crippen LogP contribution in [0.25, 0.3) is 10.8 Å². The number of hydrogen-bond donors (Lipinski definition) is 0. The van der Waals surface area contributed by atoms with Crippen LogP contribution in [0.15, 0.2) is 52.9 Å². The average molecular weight is 281 g/mol. The largest absolute Gasteiger partial charge is 0.433 e. The topological polar surface area (TPSA) is 73.3 Å². The van der Waals surface area contributed by atoms with E-state index in [-0.39, 0.29) is 11.5 Å². The van der Waals surface area contributed by atoms with Crippen LogP contribution < -0.4 is 0 Å². The van der Waals surface area contributed by atoms with E-state index in [1.165, 1.54) is 12.1 Å². The quantitative estimate of drug-likeness (QED) is 0.415. The molecule has 1 aromatic heterocycles. The Morgan fingerprint density at radius 2 is 1.76 bits per heavy atom. The third kappa shape index (κ3) is 2.18. The molecule has 3 aromatic rings. The zero-order chi connectivity index (χ0) is 15.0. The normalized spacial score (nSPS) is 10.7. The van der Waals surface area contributed by atoms with Crippen molar-refractivity contribution in [3.8, 4) is 0 Å². The van der Waals surface area contributed by atoms with E-state index in [1.807, 2.05) is 37.3 Å². The van der Waals surface area contributed by atoms with E-state index in [0.717, 1.165) is 16.3 Å². The number of aryl methyl sites for hydroxylation is 1. The van der Waals surface area contributed by atoms with Crippen molar-refractivity contribution in [2.24, 2.45) is 0 Å². The van der Waals surface area contributed by atoms with E-state index >= 15 is 0 Å². The maximum atomic E-state index is 12.5. The maximum absolute atomic E-state index is 12.5. The molecule has 0 saturated heterocycles. The first-order valence-electron chi connectivity index (χ1n) is 6.35. The second-order valence-electron chi connectivity index (χ2n) is 4.70. The molecule has 104 valence electrons. The summed E-state index contributed by atoms with van der Waals surface area (Å²) in [7, 11) is 0. The summed E-state index contributed by atoms with van der Waals surface area (Å²) in [5.74, 6) is -0.829. The summed E-state index contributed by atoms with van der Waals surface area (Å²) in [4.78, 5) is 22.5. The minimum Gasteiger partial charge on any atom is -0.397 e. The van der Waals surface area contributed by atoms with Crippen molar-refractivity contribution >= 4 is 22.4 Å². The van der Waals surface area contributed by atoms with Gasteiger partial charge in [0.1, 0.15) is 4.92 Å². The summed E-state index contributed by atoms with van der Waals surface area (Å²) in [5, 5.41) is 12.4. The van der Waals surface area contributed by atoms with Crippen LogP contribution >= 0.6 is 0 Å². The van der Waals surface area contributed by atoms with E-state index in [0.29, 0.717) is 5.56 Å². The number of carbonyl (C=O) groups is 1. The van der Waals surface area contributed by atoms with Gasteiger partial charge in [0.2, 0.25) is 5.78 Å². The SMILES string of the molecule is Cc1ccc(C(=O)c2ccc([N+](=O)[O-])o2)c2ccccc12. The molecular formula is C16H11NO4. The Balaban J connectivity index is 2.13. The summed E-state index contributed by atoms with van der Waals surface area (Å²) in [5.41, 5.74) is 1.54. The lowest BCUT2D eigenvalue weighted by Crippen LogP contribution is -2.01. The van der Waals surface area contributed by atoms with Crippen LogP contribution in [0.1, 0.15) is 21.7 Å². The van der Waals surface area contributed by atoms with Crippen molar-refractivity contribution < 1.29 is 14.1 Å². The second-order valence-corrected chi connectivity index (χ2v) is 4.70. The molecule has 5 heteroatoms. The number of benzene rings is 2. The molecule has 0 aliphatic carbocycles. The Bertz CT molecular complexity index is 864. The molecule has 0 N–H and O–H groups in total. The number of rotatable bonds is 3. The molecule has 5 nitrogen and oxygen atoms in total. The van der Waals surface area contributed by atoms with Gasteiger partial charge in [-0.05, 0) is 29.3 Å². The third-order valence-corrected chi connectivity index (χ3v) is 3.38. The smallest absolute Gasteiger partial charge is 0.397 e. The fourth-order valence-electron chi connectivity index (χ4n) is 2.33. The molecule has 2 aromatic carbocycles. The van der Waals surface area contributed by atoms with Crippen LogP contribution in [0.5, 0.6) is 0 Å². The molecule has 0 fully saturated rings. The number of nitrogens with zero attached hydrogens (tertiary/aromatic N) is 1. The van der Waals surface area contributed by atoms with Crippen LogP contribution in [-0.4, -0.2) is 10.7 Å². The predicted molar refractivity (Wildman–Crippen MR) is 77.5 cm³/mol. The highest BCUT2D eigenvalue weighted by Gasteiger charge is 2.20. The lowest BCUT2D eigenvalue weighted by atomic mass is 9.97. The summed E-state index contributed by atoms with van der Waals surface area (Å²) < 4.78 is 4.99. The number of hydrogen-bond acceptors (Lipinski definition) is 4. The highest BCUT2D eigenvalue weighted by Crippen LogP contribution is 2.26. The first-order valence-corrected chi connectivity index (χ1v) is 6.35. The van der Waals surface area contributed by atoms with Gasteiger partial charge in [0.25, 0.3) is 0 Å². The molecule has 0 aliphatic rings. The molecular weight excluding hydrogens is 270 g/mol. The van der Waals surface area contributed by atoms with Gasteiger partial charge in [0, 0.05) is 5.56 Å². The fraction of sp³-hybridized carbons (Fsp3) is 0.0625. The van der Waals surface area contributed by atoms with E-state index in [1.54, 1.807) is 6.07 Å². The first-order chi connectivity index (χ1) is 10.1. The highest BCUT2D eigenvalue weighted by molar-refractivity contribution is 6.15. The van der Waals surface area contributed by atoms with E-state index in [2.05, 4.69) is 0 Å². The molecule has 3 rings (SSSR count). The molecule has 1 heterocycles. The molecule has 0 aliphatic heterocycles. The molecule has 0 bridgehead atoms. The van der Waals surface area contributed by atoms with Gasteiger partial charge in [0.05, 0.1) is 6.07 Å². The fourth-order valence-corrected chi connectivity index (χ4v) is 2.33. The van der Waals surface area contributed by atoms with Gasteiger partial charge in [-0.15, -0.1) is 0 Å². The van der Waals surface area contributed by atoms with Crippen LogP contribution in [0.3, 0.4) is 0 Å². The molecule has 0 atom stereocenters. The highest BCUT2D eigenvalue weighted by atomic mass is 16.6.